The molecule has 3 nitrogen and oxygen atoms in total. The maximum Gasteiger partial charge on any atom is 0.166 e. The number of hydrogen-bond acceptors (Lipinski definition) is 3. The Morgan fingerprint density at radius 3 is 2.36 bits per heavy atom. The fourth-order valence-electron chi connectivity index (χ4n) is 1.40. The average Bonchev–Trinajstić information content (AvgIpc) is 2.26. The highest BCUT2D eigenvalue weighted by Gasteiger charge is 2.12. The van der Waals surface area contributed by atoms with Gasteiger partial charge in [0.1, 0.15) is 6.33 Å². The van der Waals surface area contributed by atoms with E-state index < -0.39 is 0 Å². The van der Waals surface area contributed by atoms with Crippen LogP contribution in [0.4, 0.5) is 0 Å². The van der Waals surface area contributed by atoms with Gasteiger partial charge in [-0.2, -0.15) is 0 Å². The first kappa shape index (κ1) is 10.8. The lowest BCUT2D eigenvalue weighted by atomic mass is 9.95. The van der Waals surface area contributed by atoms with Gasteiger partial charge in [-0.25, -0.2) is 9.97 Å². The largest absolute Gasteiger partial charge is 0.294 e. The van der Waals surface area contributed by atoms with Gasteiger partial charge in [0.15, 0.2) is 5.78 Å². The van der Waals surface area contributed by atoms with Crippen LogP contribution in [-0.4, -0.2) is 15.8 Å². The fourth-order valence-corrected chi connectivity index (χ4v) is 1.40. The van der Waals surface area contributed by atoms with E-state index in [-0.39, 0.29) is 5.78 Å². The van der Waals surface area contributed by atoms with Crippen molar-refractivity contribution >= 4 is 5.78 Å². The Bertz CT molecular complexity index is 281. The first-order valence-electron chi connectivity index (χ1n) is 5.06. The van der Waals surface area contributed by atoms with Crippen molar-refractivity contribution in [3.63, 3.8) is 0 Å². The zero-order valence-corrected chi connectivity index (χ0v) is 8.73. The van der Waals surface area contributed by atoms with Crippen LogP contribution in [0.25, 0.3) is 0 Å². The van der Waals surface area contributed by atoms with E-state index in [4.69, 9.17) is 0 Å². The summed E-state index contributed by atoms with van der Waals surface area (Å²) in [6, 6.07) is 0. The number of ketones is 1. The minimum absolute atomic E-state index is 0.152. The van der Waals surface area contributed by atoms with Crippen LogP contribution in [0.2, 0.25) is 0 Å². The number of nitrogens with zero attached hydrogens (tertiary/aromatic N) is 2. The van der Waals surface area contributed by atoms with E-state index >= 15 is 0 Å². The Kier molecular flexibility index (Phi) is 4.23. The summed E-state index contributed by atoms with van der Waals surface area (Å²) in [5.74, 6) is 0.641. The number of hydrogen-bond donors (Lipinski definition) is 0. The van der Waals surface area contributed by atoms with Gasteiger partial charge in [-0.3, -0.25) is 4.79 Å². The molecule has 0 atom stereocenters. The monoisotopic (exact) mass is 192 g/mol. The molecule has 0 radical (unpaired) electrons. The molecule has 1 aromatic rings. The smallest absolute Gasteiger partial charge is 0.166 e. The lowest BCUT2D eigenvalue weighted by molar-refractivity contribution is 0.0958. The molecule has 0 N–H and O–H groups in total. The van der Waals surface area contributed by atoms with Crippen molar-refractivity contribution in [2.45, 2.75) is 33.1 Å². The van der Waals surface area contributed by atoms with Gasteiger partial charge >= 0.3 is 0 Å². The lowest BCUT2D eigenvalue weighted by Crippen LogP contribution is -2.08. The third-order valence-corrected chi connectivity index (χ3v) is 2.51. The molecule has 0 aliphatic carbocycles. The molecular weight excluding hydrogens is 176 g/mol. The van der Waals surface area contributed by atoms with E-state index in [1.165, 1.54) is 6.33 Å². The molecule has 0 aromatic carbocycles. The minimum atomic E-state index is 0.152. The van der Waals surface area contributed by atoms with Gasteiger partial charge in [0, 0.05) is 18.8 Å². The Morgan fingerprint density at radius 2 is 1.86 bits per heavy atom. The highest BCUT2D eigenvalue weighted by molar-refractivity contribution is 5.95. The number of rotatable bonds is 5. The highest BCUT2D eigenvalue weighted by Crippen LogP contribution is 2.15. The molecule has 0 unspecified atom stereocenters. The summed E-state index contributed by atoms with van der Waals surface area (Å²) in [5.41, 5.74) is 0.624. The SMILES string of the molecule is CCC(CC)CC(=O)c1cncnc1. The summed E-state index contributed by atoms with van der Waals surface area (Å²) >= 11 is 0. The predicted octanol–water partition coefficient (Wildman–Crippen LogP) is 2.49. The standard InChI is InChI=1S/C11H16N2O/c1-3-9(4-2)5-11(14)10-6-12-8-13-7-10/h6-9H,3-5H2,1-2H3. The quantitative estimate of drug-likeness (QED) is 0.673. The summed E-state index contributed by atoms with van der Waals surface area (Å²) in [6.45, 7) is 4.23. The van der Waals surface area contributed by atoms with Crippen molar-refractivity contribution in [1.82, 2.24) is 9.97 Å². The number of carbonyl (C=O) groups is 1. The molecule has 0 saturated heterocycles. The molecule has 0 aliphatic rings. The van der Waals surface area contributed by atoms with Gasteiger partial charge in [0.05, 0.1) is 5.56 Å². The van der Waals surface area contributed by atoms with Gasteiger partial charge in [-0.15, -0.1) is 0 Å². The second-order valence-electron chi connectivity index (χ2n) is 3.44. The van der Waals surface area contributed by atoms with Gasteiger partial charge in [0.25, 0.3) is 0 Å². The van der Waals surface area contributed by atoms with Crippen molar-refractivity contribution in [2.75, 3.05) is 0 Å². The van der Waals surface area contributed by atoms with Crippen LogP contribution in [0.1, 0.15) is 43.5 Å². The third kappa shape index (κ3) is 2.91. The maximum absolute atomic E-state index is 11.7. The topological polar surface area (TPSA) is 42.9 Å². The molecule has 0 spiro atoms. The Labute approximate surface area is 84.6 Å². The van der Waals surface area contributed by atoms with E-state index in [0.717, 1.165) is 12.8 Å². The van der Waals surface area contributed by atoms with Crippen molar-refractivity contribution < 1.29 is 4.79 Å². The third-order valence-electron chi connectivity index (χ3n) is 2.51. The molecule has 0 saturated carbocycles. The average molecular weight is 192 g/mol. The van der Waals surface area contributed by atoms with Crippen LogP contribution in [0.3, 0.4) is 0 Å². The van der Waals surface area contributed by atoms with Crippen molar-refractivity contribution in [1.29, 1.82) is 0 Å². The minimum Gasteiger partial charge on any atom is -0.294 e. The lowest BCUT2D eigenvalue weighted by Gasteiger charge is -2.10. The maximum atomic E-state index is 11.7. The first-order chi connectivity index (χ1) is 6.77. The molecule has 0 amide bonds. The summed E-state index contributed by atoms with van der Waals surface area (Å²) < 4.78 is 0. The van der Waals surface area contributed by atoms with Crippen LogP contribution in [-0.2, 0) is 0 Å². The number of carbonyl (C=O) groups excluding carboxylic acids is 1. The van der Waals surface area contributed by atoms with Gasteiger partial charge < -0.3 is 0 Å². The summed E-state index contributed by atoms with van der Waals surface area (Å²) in [4.78, 5) is 19.4. The van der Waals surface area contributed by atoms with E-state index in [2.05, 4.69) is 23.8 Å². The normalized spacial score (nSPS) is 10.5. The fraction of sp³-hybridized carbons (Fsp3) is 0.545. The summed E-state index contributed by atoms with van der Waals surface area (Å²) in [6.07, 6.45) is 7.32. The van der Waals surface area contributed by atoms with Gasteiger partial charge in [0.2, 0.25) is 0 Å². The number of Topliss-reactive ketones (excluding diaryl/α,β-unsaturated/α-hetero) is 1. The molecule has 76 valence electrons. The van der Waals surface area contributed by atoms with Crippen molar-refractivity contribution in [2.24, 2.45) is 5.92 Å². The van der Waals surface area contributed by atoms with Crippen LogP contribution >= 0.6 is 0 Å². The van der Waals surface area contributed by atoms with E-state index in [0.29, 0.717) is 17.9 Å². The molecule has 1 heterocycles. The molecule has 14 heavy (non-hydrogen) atoms. The second-order valence-corrected chi connectivity index (χ2v) is 3.44. The molecule has 1 rings (SSSR count). The van der Waals surface area contributed by atoms with Crippen LogP contribution in [0.5, 0.6) is 0 Å². The number of aromatic nitrogens is 2. The Hall–Kier alpha value is -1.25. The molecule has 0 bridgehead atoms. The van der Waals surface area contributed by atoms with E-state index in [1.54, 1.807) is 12.4 Å². The molecule has 3 heteroatoms. The Morgan fingerprint density at radius 1 is 1.29 bits per heavy atom. The van der Waals surface area contributed by atoms with Crippen LogP contribution in [0, 0.1) is 5.92 Å². The van der Waals surface area contributed by atoms with Crippen LogP contribution in [0.15, 0.2) is 18.7 Å². The second kappa shape index (κ2) is 5.47. The molecule has 1 aromatic heterocycles. The van der Waals surface area contributed by atoms with E-state index in [9.17, 15) is 4.79 Å². The molecular formula is C11H16N2O. The van der Waals surface area contributed by atoms with Gasteiger partial charge in [-0.1, -0.05) is 26.7 Å². The summed E-state index contributed by atoms with van der Waals surface area (Å²) in [7, 11) is 0. The van der Waals surface area contributed by atoms with Gasteiger partial charge in [-0.05, 0) is 5.92 Å². The first-order valence-corrected chi connectivity index (χ1v) is 5.06. The molecule has 0 aliphatic heterocycles. The van der Waals surface area contributed by atoms with Crippen LogP contribution < -0.4 is 0 Å². The van der Waals surface area contributed by atoms with Crippen molar-refractivity contribution in [3.05, 3.63) is 24.3 Å². The summed E-state index contributed by atoms with van der Waals surface area (Å²) in [5, 5.41) is 0. The molecule has 0 fully saturated rings. The predicted molar refractivity (Wildman–Crippen MR) is 55.1 cm³/mol. The Balaban J connectivity index is 2.59. The highest BCUT2D eigenvalue weighted by atomic mass is 16.1. The van der Waals surface area contributed by atoms with Crippen molar-refractivity contribution in [3.8, 4) is 0 Å². The van der Waals surface area contributed by atoms with E-state index in [1.807, 2.05) is 0 Å². The zero-order chi connectivity index (χ0) is 10.4. The zero-order valence-electron chi connectivity index (χ0n) is 8.73.